The lowest BCUT2D eigenvalue weighted by Gasteiger charge is -2.16. The number of carbonyl (C=O) groups is 1. The van der Waals surface area contributed by atoms with E-state index in [0.717, 1.165) is 11.1 Å². The van der Waals surface area contributed by atoms with Gasteiger partial charge in [0.05, 0.1) is 5.56 Å². The summed E-state index contributed by atoms with van der Waals surface area (Å²) in [4.78, 5) is 14.6. The zero-order valence-corrected chi connectivity index (χ0v) is 11.0. The van der Waals surface area contributed by atoms with Gasteiger partial charge in [0.15, 0.2) is 0 Å². The molecular weight excluding hydrogens is 261 g/mol. The molecule has 2 aromatic rings. The van der Waals surface area contributed by atoms with E-state index >= 15 is 0 Å². The molecule has 0 atom stereocenters. The molecule has 3 rings (SSSR count). The second kappa shape index (κ2) is 4.70. The molecule has 0 radical (unpaired) electrons. The predicted octanol–water partition coefficient (Wildman–Crippen LogP) is 3.27. The number of nitrogens with zero attached hydrogens (tertiary/aromatic N) is 1. The Kier molecular flexibility index (Phi) is 3.03. The van der Waals surface area contributed by atoms with Gasteiger partial charge in [-0.3, -0.25) is 4.79 Å². The van der Waals surface area contributed by atoms with E-state index < -0.39 is 5.82 Å². The van der Waals surface area contributed by atoms with E-state index in [4.69, 9.17) is 0 Å². The number of thiol groups is 1. The quantitative estimate of drug-likeness (QED) is 0.791. The highest BCUT2D eigenvalue weighted by atomic mass is 32.1. The number of hydrogen-bond acceptors (Lipinski definition) is 2. The summed E-state index contributed by atoms with van der Waals surface area (Å²) in [5, 5.41) is 0. The summed E-state index contributed by atoms with van der Waals surface area (Å²) in [6.45, 7) is 1.07. The van der Waals surface area contributed by atoms with Crippen LogP contribution in [0.25, 0.3) is 0 Å². The molecule has 4 heteroatoms. The highest BCUT2D eigenvalue weighted by Gasteiger charge is 2.25. The van der Waals surface area contributed by atoms with Crippen LogP contribution < -0.4 is 0 Å². The van der Waals surface area contributed by atoms with Crippen LogP contribution in [0.2, 0.25) is 0 Å². The minimum atomic E-state index is -0.501. The molecule has 0 bridgehead atoms. The molecule has 0 spiro atoms. The summed E-state index contributed by atoms with van der Waals surface area (Å²) in [6.07, 6.45) is 0. The number of rotatable bonds is 1. The van der Waals surface area contributed by atoms with Crippen LogP contribution >= 0.6 is 12.6 Å². The first-order valence-electron chi connectivity index (χ1n) is 6.00. The zero-order chi connectivity index (χ0) is 13.4. The van der Waals surface area contributed by atoms with E-state index in [0.29, 0.717) is 18.0 Å². The molecule has 1 heterocycles. The van der Waals surface area contributed by atoms with Crippen molar-refractivity contribution in [2.24, 2.45) is 0 Å². The van der Waals surface area contributed by atoms with Gasteiger partial charge in [0.25, 0.3) is 5.91 Å². The molecule has 0 unspecified atom stereocenters. The first kappa shape index (κ1) is 12.2. The van der Waals surface area contributed by atoms with Gasteiger partial charge in [-0.2, -0.15) is 0 Å². The number of hydrogen-bond donors (Lipinski definition) is 1. The standard InChI is InChI=1S/C15H12FNOS/c16-14-6-5-12(19)7-13(14)15(18)17-8-10-3-1-2-4-11(10)9-17/h1-7,19H,8-9H2. The monoisotopic (exact) mass is 273 g/mol. The van der Waals surface area contributed by atoms with E-state index in [2.05, 4.69) is 12.6 Å². The molecule has 0 N–H and O–H groups in total. The van der Waals surface area contributed by atoms with E-state index in [1.54, 1.807) is 4.90 Å². The third-order valence-corrected chi connectivity index (χ3v) is 3.59. The largest absolute Gasteiger partial charge is 0.330 e. The molecule has 0 aromatic heterocycles. The van der Waals surface area contributed by atoms with Crippen LogP contribution in [0.4, 0.5) is 4.39 Å². The lowest BCUT2D eigenvalue weighted by molar-refractivity contribution is 0.0746. The van der Waals surface area contributed by atoms with E-state index in [-0.39, 0.29) is 11.5 Å². The van der Waals surface area contributed by atoms with E-state index in [1.165, 1.54) is 18.2 Å². The number of fused-ring (bicyclic) bond motifs is 1. The molecule has 2 nitrogen and oxygen atoms in total. The summed E-state index contributed by atoms with van der Waals surface area (Å²) < 4.78 is 13.7. The van der Waals surface area contributed by atoms with Crippen molar-refractivity contribution < 1.29 is 9.18 Å². The number of halogens is 1. The molecule has 0 fully saturated rings. The Hall–Kier alpha value is -1.81. The van der Waals surface area contributed by atoms with Crippen molar-refractivity contribution in [3.8, 4) is 0 Å². The van der Waals surface area contributed by atoms with Crippen LogP contribution in [0.15, 0.2) is 47.4 Å². The molecule has 2 aromatic carbocycles. The van der Waals surface area contributed by atoms with E-state index in [1.807, 2.05) is 24.3 Å². The number of amides is 1. The third-order valence-electron chi connectivity index (χ3n) is 3.31. The maximum Gasteiger partial charge on any atom is 0.257 e. The summed E-state index contributed by atoms with van der Waals surface area (Å²) in [7, 11) is 0. The average Bonchev–Trinajstić information content (AvgIpc) is 2.84. The van der Waals surface area contributed by atoms with Crippen molar-refractivity contribution in [1.82, 2.24) is 4.90 Å². The molecule has 1 aliphatic rings. The van der Waals surface area contributed by atoms with Crippen LogP contribution in [0.5, 0.6) is 0 Å². The molecule has 96 valence electrons. The topological polar surface area (TPSA) is 20.3 Å². The Morgan fingerprint density at radius 3 is 2.37 bits per heavy atom. The summed E-state index contributed by atoms with van der Waals surface area (Å²) in [6, 6.07) is 12.2. The molecule has 0 aliphatic carbocycles. The first-order valence-corrected chi connectivity index (χ1v) is 6.44. The summed E-state index contributed by atoms with van der Waals surface area (Å²) in [5.74, 6) is -0.789. The first-order chi connectivity index (χ1) is 9.15. The Bertz CT molecular complexity index is 631. The van der Waals surface area contributed by atoms with Crippen LogP contribution in [-0.4, -0.2) is 10.8 Å². The van der Waals surface area contributed by atoms with Crippen LogP contribution in [0.1, 0.15) is 21.5 Å². The van der Waals surface area contributed by atoms with Crippen molar-refractivity contribution in [3.05, 3.63) is 65.0 Å². The second-order valence-corrected chi connectivity index (χ2v) is 5.11. The summed E-state index contributed by atoms with van der Waals surface area (Å²) >= 11 is 4.15. The molecule has 19 heavy (non-hydrogen) atoms. The Labute approximate surface area is 116 Å². The van der Waals surface area contributed by atoms with Gasteiger partial charge in [-0.1, -0.05) is 24.3 Å². The van der Waals surface area contributed by atoms with E-state index in [9.17, 15) is 9.18 Å². The molecule has 0 saturated heterocycles. The Morgan fingerprint density at radius 2 is 1.74 bits per heavy atom. The van der Waals surface area contributed by atoms with Gasteiger partial charge in [0, 0.05) is 18.0 Å². The fourth-order valence-electron chi connectivity index (χ4n) is 2.32. The molecule has 1 aliphatic heterocycles. The van der Waals surface area contributed by atoms with Crippen LogP contribution in [-0.2, 0) is 13.1 Å². The minimum absolute atomic E-state index is 0.0836. The lowest BCUT2D eigenvalue weighted by Crippen LogP contribution is -2.26. The highest BCUT2D eigenvalue weighted by Crippen LogP contribution is 2.25. The second-order valence-electron chi connectivity index (χ2n) is 4.59. The van der Waals surface area contributed by atoms with Crippen molar-refractivity contribution >= 4 is 18.5 Å². The molecule has 1 amide bonds. The van der Waals surface area contributed by atoms with Crippen molar-refractivity contribution in [2.75, 3.05) is 0 Å². The number of benzene rings is 2. The van der Waals surface area contributed by atoms with Gasteiger partial charge in [-0.25, -0.2) is 4.39 Å². The normalized spacial score (nSPS) is 13.5. The smallest absolute Gasteiger partial charge is 0.257 e. The number of carbonyl (C=O) groups excluding carboxylic acids is 1. The van der Waals surface area contributed by atoms with Crippen LogP contribution in [0.3, 0.4) is 0 Å². The lowest BCUT2D eigenvalue weighted by atomic mass is 10.1. The third kappa shape index (κ3) is 2.24. The minimum Gasteiger partial charge on any atom is -0.330 e. The van der Waals surface area contributed by atoms with Gasteiger partial charge >= 0.3 is 0 Å². The summed E-state index contributed by atoms with van der Waals surface area (Å²) in [5.41, 5.74) is 2.33. The van der Waals surface area contributed by atoms with Gasteiger partial charge in [0.1, 0.15) is 5.82 Å². The maximum absolute atomic E-state index is 13.7. The SMILES string of the molecule is O=C(c1cc(S)ccc1F)N1Cc2ccccc2C1. The van der Waals surface area contributed by atoms with Gasteiger partial charge in [-0.05, 0) is 29.3 Å². The highest BCUT2D eigenvalue weighted by molar-refractivity contribution is 7.80. The van der Waals surface area contributed by atoms with Gasteiger partial charge in [0.2, 0.25) is 0 Å². The van der Waals surface area contributed by atoms with Crippen molar-refractivity contribution in [1.29, 1.82) is 0 Å². The zero-order valence-electron chi connectivity index (χ0n) is 10.1. The van der Waals surface area contributed by atoms with Crippen molar-refractivity contribution in [3.63, 3.8) is 0 Å². The predicted molar refractivity (Wildman–Crippen MR) is 73.7 cm³/mol. The van der Waals surface area contributed by atoms with Crippen molar-refractivity contribution in [2.45, 2.75) is 18.0 Å². The maximum atomic E-state index is 13.7. The van der Waals surface area contributed by atoms with Crippen LogP contribution in [0, 0.1) is 5.82 Å². The van der Waals surface area contributed by atoms with Gasteiger partial charge < -0.3 is 4.90 Å². The van der Waals surface area contributed by atoms with Gasteiger partial charge in [-0.15, -0.1) is 12.6 Å². The Morgan fingerprint density at radius 1 is 1.11 bits per heavy atom. The molecule has 0 saturated carbocycles. The fourth-order valence-corrected chi connectivity index (χ4v) is 2.53. The molecular formula is C15H12FNOS. The Balaban J connectivity index is 1.89. The average molecular weight is 273 g/mol. The fraction of sp³-hybridized carbons (Fsp3) is 0.133.